The van der Waals surface area contributed by atoms with Gasteiger partial charge in [0.1, 0.15) is 12.1 Å². The van der Waals surface area contributed by atoms with Crippen molar-refractivity contribution in [3.05, 3.63) is 0 Å². The van der Waals surface area contributed by atoms with Crippen molar-refractivity contribution >= 4 is 5.97 Å². The molecule has 1 saturated heterocycles. The Morgan fingerprint density at radius 2 is 1.71 bits per heavy atom. The van der Waals surface area contributed by atoms with Gasteiger partial charge in [0.25, 0.3) is 0 Å². The van der Waals surface area contributed by atoms with Gasteiger partial charge in [-0.1, -0.05) is 0 Å². The fraction of sp³-hybridized carbons (Fsp3) is 0.900. The number of aliphatic hydroxyl groups is 3. The third-order valence-electron chi connectivity index (χ3n) is 2.92. The van der Waals surface area contributed by atoms with Gasteiger partial charge in [-0.15, -0.1) is 0 Å². The molecule has 1 fully saturated rings. The van der Waals surface area contributed by atoms with Crippen molar-refractivity contribution < 1.29 is 34.1 Å². The SMILES string of the molecule is COC(=O)C1O[C@H](O)C(O)C([N+](C)(C)C)[C@@H]1O. The van der Waals surface area contributed by atoms with Crippen LogP contribution in [0.15, 0.2) is 0 Å². The number of methoxy groups -OCH3 is 1. The lowest BCUT2D eigenvalue weighted by molar-refractivity contribution is -0.906. The van der Waals surface area contributed by atoms with Crippen LogP contribution in [0.3, 0.4) is 0 Å². The topological polar surface area (TPSA) is 96.2 Å². The second-order valence-electron chi connectivity index (χ2n) is 5.06. The van der Waals surface area contributed by atoms with Crippen LogP contribution in [0.1, 0.15) is 0 Å². The van der Waals surface area contributed by atoms with Crippen LogP contribution in [-0.2, 0) is 14.3 Å². The highest BCUT2D eigenvalue weighted by atomic mass is 16.7. The number of rotatable bonds is 2. The zero-order valence-corrected chi connectivity index (χ0v) is 10.4. The van der Waals surface area contributed by atoms with Crippen molar-refractivity contribution in [2.45, 2.75) is 30.6 Å². The summed E-state index contributed by atoms with van der Waals surface area (Å²) < 4.78 is 9.52. The first-order valence-electron chi connectivity index (χ1n) is 5.28. The third kappa shape index (κ3) is 2.75. The van der Waals surface area contributed by atoms with E-state index in [1.807, 2.05) is 0 Å². The van der Waals surface area contributed by atoms with Crippen LogP contribution in [0.25, 0.3) is 0 Å². The van der Waals surface area contributed by atoms with Gasteiger partial charge in [-0.25, -0.2) is 4.79 Å². The fourth-order valence-corrected chi connectivity index (χ4v) is 2.09. The molecule has 100 valence electrons. The minimum Gasteiger partial charge on any atom is -0.467 e. The molecule has 0 aromatic heterocycles. The van der Waals surface area contributed by atoms with Crippen molar-refractivity contribution in [1.29, 1.82) is 0 Å². The first kappa shape index (κ1) is 14.3. The molecule has 3 N–H and O–H groups in total. The van der Waals surface area contributed by atoms with Gasteiger partial charge in [0.2, 0.25) is 0 Å². The van der Waals surface area contributed by atoms with Crippen LogP contribution in [0.2, 0.25) is 0 Å². The average molecular weight is 250 g/mol. The van der Waals surface area contributed by atoms with Crippen molar-refractivity contribution in [3.8, 4) is 0 Å². The van der Waals surface area contributed by atoms with E-state index < -0.39 is 36.6 Å². The van der Waals surface area contributed by atoms with Gasteiger partial charge in [0.15, 0.2) is 18.5 Å². The van der Waals surface area contributed by atoms with E-state index in [9.17, 15) is 20.1 Å². The van der Waals surface area contributed by atoms with E-state index in [0.29, 0.717) is 0 Å². The summed E-state index contributed by atoms with van der Waals surface area (Å²) in [4.78, 5) is 11.4. The summed E-state index contributed by atoms with van der Waals surface area (Å²) in [6, 6.07) is -0.747. The number of hydrogen-bond donors (Lipinski definition) is 3. The van der Waals surface area contributed by atoms with Crippen LogP contribution >= 0.6 is 0 Å². The molecule has 7 nitrogen and oxygen atoms in total. The second kappa shape index (κ2) is 4.87. The van der Waals surface area contributed by atoms with E-state index in [0.717, 1.165) is 7.11 Å². The van der Waals surface area contributed by atoms with Crippen molar-refractivity contribution in [3.63, 3.8) is 0 Å². The molecule has 1 aliphatic heterocycles. The highest BCUT2D eigenvalue weighted by Crippen LogP contribution is 2.26. The molecule has 0 radical (unpaired) electrons. The molecule has 0 bridgehead atoms. The molecule has 0 aromatic carbocycles. The highest BCUT2D eigenvalue weighted by molar-refractivity contribution is 5.75. The van der Waals surface area contributed by atoms with E-state index in [-0.39, 0.29) is 4.48 Å². The van der Waals surface area contributed by atoms with Crippen LogP contribution < -0.4 is 0 Å². The number of carbonyl (C=O) groups excluding carboxylic acids is 1. The highest BCUT2D eigenvalue weighted by Gasteiger charge is 2.53. The van der Waals surface area contributed by atoms with Gasteiger partial charge in [-0.3, -0.25) is 0 Å². The van der Waals surface area contributed by atoms with Crippen LogP contribution in [0, 0.1) is 0 Å². The van der Waals surface area contributed by atoms with Crippen LogP contribution in [0.4, 0.5) is 0 Å². The summed E-state index contributed by atoms with van der Waals surface area (Å²) in [6.45, 7) is 0. The fourth-order valence-electron chi connectivity index (χ4n) is 2.09. The average Bonchev–Trinajstić information content (AvgIpc) is 2.20. The smallest absolute Gasteiger partial charge is 0.338 e. The van der Waals surface area contributed by atoms with Crippen molar-refractivity contribution in [1.82, 2.24) is 0 Å². The van der Waals surface area contributed by atoms with E-state index in [4.69, 9.17) is 4.74 Å². The molecule has 17 heavy (non-hydrogen) atoms. The summed E-state index contributed by atoms with van der Waals surface area (Å²) in [5, 5.41) is 29.4. The lowest BCUT2D eigenvalue weighted by atomic mass is 9.93. The van der Waals surface area contributed by atoms with Gasteiger partial charge >= 0.3 is 5.97 Å². The molecule has 1 aliphatic rings. The normalized spacial score (nSPS) is 38.9. The zero-order chi connectivity index (χ0) is 13.4. The van der Waals surface area contributed by atoms with E-state index >= 15 is 0 Å². The number of likely N-dealkylation sites (N-methyl/N-ethyl adjacent to an activating group) is 1. The molecule has 1 heterocycles. The van der Waals surface area contributed by atoms with E-state index in [1.165, 1.54) is 0 Å². The maximum absolute atomic E-state index is 11.4. The number of nitrogens with zero attached hydrogens (tertiary/aromatic N) is 1. The first-order valence-corrected chi connectivity index (χ1v) is 5.28. The Hall–Kier alpha value is -0.730. The summed E-state index contributed by atoms with van der Waals surface area (Å²) in [7, 11) is 6.38. The lowest BCUT2D eigenvalue weighted by Crippen LogP contribution is -2.69. The summed E-state index contributed by atoms with van der Waals surface area (Å²) in [5.74, 6) is -0.776. The predicted octanol–water partition coefficient (Wildman–Crippen LogP) is -2.33. The maximum atomic E-state index is 11.4. The molecule has 0 spiro atoms. The van der Waals surface area contributed by atoms with Crippen molar-refractivity contribution in [2.24, 2.45) is 0 Å². The molecule has 7 heteroatoms. The molecular formula is C10H20NO6+. The largest absolute Gasteiger partial charge is 0.467 e. The second-order valence-corrected chi connectivity index (χ2v) is 5.06. The Kier molecular flexibility index (Phi) is 4.11. The van der Waals surface area contributed by atoms with Gasteiger partial charge < -0.3 is 29.3 Å². The van der Waals surface area contributed by atoms with E-state index in [1.54, 1.807) is 21.1 Å². The Morgan fingerprint density at radius 1 is 1.18 bits per heavy atom. The molecule has 0 saturated carbocycles. The summed E-state index contributed by atoms with van der Waals surface area (Å²) in [5.41, 5.74) is 0. The Balaban J connectivity index is 2.99. The lowest BCUT2D eigenvalue weighted by Gasteiger charge is -2.45. The Labute approximate surface area is 99.8 Å². The van der Waals surface area contributed by atoms with Crippen molar-refractivity contribution in [2.75, 3.05) is 28.3 Å². The molecule has 5 atom stereocenters. The molecule has 3 unspecified atom stereocenters. The minimum atomic E-state index is -1.52. The minimum absolute atomic E-state index is 0.177. The molecule has 1 rings (SSSR count). The Morgan fingerprint density at radius 3 is 2.12 bits per heavy atom. The first-order chi connectivity index (χ1) is 7.70. The quantitative estimate of drug-likeness (QED) is 0.376. The van der Waals surface area contributed by atoms with Gasteiger partial charge in [-0.2, -0.15) is 0 Å². The summed E-state index contributed by atoms with van der Waals surface area (Å²) >= 11 is 0. The number of ether oxygens (including phenoxy) is 2. The van der Waals surface area contributed by atoms with Gasteiger partial charge in [0, 0.05) is 0 Å². The van der Waals surface area contributed by atoms with Crippen LogP contribution in [-0.4, -0.2) is 84.7 Å². The molecule has 0 aliphatic carbocycles. The number of aliphatic hydroxyl groups excluding tert-OH is 3. The standard InChI is InChI=1S/C10H20NO6/c1-11(2,3)5-6(12)8(10(15)16-4)17-9(14)7(5)13/h5-9,12-14H,1-4H3/q+1/t5?,6-,7?,8?,9-/m0/s1. The molecule has 0 aromatic rings. The van der Waals surface area contributed by atoms with Crippen LogP contribution in [0.5, 0.6) is 0 Å². The monoisotopic (exact) mass is 250 g/mol. The number of hydrogen-bond acceptors (Lipinski definition) is 6. The molecule has 0 amide bonds. The number of carbonyl (C=O) groups is 1. The predicted molar refractivity (Wildman–Crippen MR) is 56.7 cm³/mol. The maximum Gasteiger partial charge on any atom is 0.338 e. The third-order valence-corrected chi connectivity index (χ3v) is 2.92. The number of quaternary nitrogens is 1. The van der Waals surface area contributed by atoms with Gasteiger partial charge in [-0.05, 0) is 0 Å². The van der Waals surface area contributed by atoms with Gasteiger partial charge in [0.05, 0.1) is 28.3 Å². The zero-order valence-electron chi connectivity index (χ0n) is 10.4. The Bertz CT molecular complexity index is 289. The summed E-state index contributed by atoms with van der Waals surface area (Å²) in [6.07, 6.45) is -5.34. The van der Waals surface area contributed by atoms with E-state index in [2.05, 4.69) is 4.74 Å². The number of esters is 1. The molecular weight excluding hydrogens is 230 g/mol.